The maximum absolute atomic E-state index is 12.5. The van der Waals surface area contributed by atoms with Gasteiger partial charge in [-0.1, -0.05) is 30.3 Å². The molecule has 0 N–H and O–H groups in total. The highest BCUT2D eigenvalue weighted by atomic mass is 16.6. The van der Waals surface area contributed by atoms with Crippen molar-refractivity contribution in [1.29, 1.82) is 0 Å². The predicted molar refractivity (Wildman–Crippen MR) is 84.2 cm³/mol. The lowest BCUT2D eigenvalue weighted by molar-refractivity contribution is 0.0693. The van der Waals surface area contributed by atoms with E-state index in [0.29, 0.717) is 6.61 Å². The van der Waals surface area contributed by atoms with E-state index in [9.17, 15) is 4.79 Å². The van der Waals surface area contributed by atoms with Crippen molar-refractivity contribution in [3.05, 3.63) is 66.0 Å². The van der Waals surface area contributed by atoms with Crippen LogP contribution in [0.5, 0.6) is 0 Å². The Morgan fingerprint density at radius 3 is 2.68 bits per heavy atom. The van der Waals surface area contributed by atoms with Gasteiger partial charge in [0.1, 0.15) is 6.61 Å². The molecule has 1 fully saturated rings. The Bertz CT molecular complexity index is 630. The van der Waals surface area contributed by atoms with Gasteiger partial charge in [0, 0.05) is 18.9 Å². The summed E-state index contributed by atoms with van der Waals surface area (Å²) in [5.41, 5.74) is 1.80. The van der Waals surface area contributed by atoms with Gasteiger partial charge in [-0.05, 0) is 43.0 Å². The molecule has 1 aromatic carbocycles. The second kappa shape index (κ2) is 6.18. The van der Waals surface area contributed by atoms with Crippen LogP contribution in [0.4, 0.5) is 4.79 Å². The number of carbonyl (C=O) groups is 1. The molecule has 2 aromatic rings. The van der Waals surface area contributed by atoms with E-state index in [1.165, 1.54) is 0 Å². The lowest BCUT2D eigenvalue weighted by Gasteiger charge is -2.34. The summed E-state index contributed by atoms with van der Waals surface area (Å²) in [7, 11) is 0. The third-order valence-electron chi connectivity index (χ3n) is 4.37. The van der Waals surface area contributed by atoms with Gasteiger partial charge in [-0.25, -0.2) is 4.79 Å². The number of rotatable bonds is 3. The lowest BCUT2D eigenvalue weighted by atomic mass is 9.90. The van der Waals surface area contributed by atoms with Crippen molar-refractivity contribution in [3.63, 3.8) is 0 Å². The second-order valence-electron chi connectivity index (χ2n) is 5.81. The van der Waals surface area contributed by atoms with Gasteiger partial charge in [0.15, 0.2) is 0 Å². The number of benzene rings is 1. The van der Waals surface area contributed by atoms with Crippen molar-refractivity contribution in [2.24, 2.45) is 0 Å². The number of hydrogen-bond acceptors (Lipinski definition) is 3. The van der Waals surface area contributed by atoms with Crippen molar-refractivity contribution >= 4 is 6.09 Å². The topological polar surface area (TPSA) is 42.4 Å². The first kappa shape index (κ1) is 14.6. The molecule has 0 radical (unpaired) electrons. The van der Waals surface area contributed by atoms with Crippen molar-refractivity contribution < 1.29 is 9.53 Å². The molecule has 2 heterocycles. The number of hydrogen-bond donors (Lipinski definition) is 0. The Morgan fingerprint density at radius 2 is 1.95 bits per heavy atom. The quantitative estimate of drug-likeness (QED) is 0.866. The first-order chi connectivity index (χ1) is 10.7. The molecule has 1 saturated heterocycles. The Balaban J connectivity index is 1.71. The summed E-state index contributed by atoms with van der Waals surface area (Å²) < 4.78 is 5.50. The van der Waals surface area contributed by atoms with Gasteiger partial charge in [0.25, 0.3) is 0 Å². The van der Waals surface area contributed by atoms with Crippen molar-refractivity contribution in [3.8, 4) is 0 Å². The molecule has 22 heavy (non-hydrogen) atoms. The van der Waals surface area contributed by atoms with E-state index in [-0.39, 0.29) is 11.6 Å². The zero-order valence-electron chi connectivity index (χ0n) is 12.7. The number of pyridine rings is 1. The Hall–Kier alpha value is -2.36. The molecule has 0 aliphatic carbocycles. The van der Waals surface area contributed by atoms with Crippen LogP contribution in [-0.4, -0.2) is 22.5 Å². The van der Waals surface area contributed by atoms with Gasteiger partial charge >= 0.3 is 6.09 Å². The van der Waals surface area contributed by atoms with E-state index in [4.69, 9.17) is 4.74 Å². The fourth-order valence-electron chi connectivity index (χ4n) is 3.06. The zero-order chi connectivity index (χ0) is 15.4. The number of carbonyl (C=O) groups excluding carboxylic acids is 1. The Labute approximate surface area is 130 Å². The Morgan fingerprint density at radius 1 is 1.23 bits per heavy atom. The molecule has 1 amide bonds. The average Bonchev–Trinajstić information content (AvgIpc) is 2.98. The highest BCUT2D eigenvalue weighted by Gasteiger charge is 2.41. The summed E-state index contributed by atoms with van der Waals surface area (Å²) in [6, 6.07) is 13.7. The minimum Gasteiger partial charge on any atom is -0.445 e. The van der Waals surface area contributed by atoms with E-state index in [1.807, 2.05) is 47.4 Å². The summed E-state index contributed by atoms with van der Waals surface area (Å²) in [6.07, 6.45) is 5.22. The summed E-state index contributed by atoms with van der Waals surface area (Å²) in [4.78, 5) is 18.4. The van der Waals surface area contributed by atoms with Crippen LogP contribution in [0, 0.1) is 0 Å². The van der Waals surface area contributed by atoms with Gasteiger partial charge in [0.05, 0.1) is 5.54 Å². The fourth-order valence-corrected chi connectivity index (χ4v) is 3.06. The standard InChI is InChI=1S/C18H20N2O2/c1-18(16-8-11-19-12-9-16)10-5-13-20(18)17(21)22-14-15-6-3-2-4-7-15/h2-4,6-9,11-12H,5,10,13-14H2,1H3. The molecule has 1 aliphatic heterocycles. The van der Waals surface area contributed by atoms with Crippen molar-refractivity contribution in [2.75, 3.05) is 6.54 Å². The van der Waals surface area contributed by atoms with Crippen LogP contribution < -0.4 is 0 Å². The minimum atomic E-state index is -0.309. The first-order valence-electron chi connectivity index (χ1n) is 7.59. The molecule has 4 nitrogen and oxygen atoms in total. The Kier molecular flexibility index (Phi) is 4.09. The molecule has 114 valence electrons. The van der Waals surface area contributed by atoms with Crippen molar-refractivity contribution in [2.45, 2.75) is 31.9 Å². The number of aromatic nitrogens is 1. The van der Waals surface area contributed by atoms with E-state index in [2.05, 4.69) is 11.9 Å². The lowest BCUT2D eigenvalue weighted by Crippen LogP contribution is -2.43. The summed E-state index contributed by atoms with van der Waals surface area (Å²) >= 11 is 0. The summed E-state index contributed by atoms with van der Waals surface area (Å²) in [6.45, 7) is 3.13. The normalized spacial score (nSPS) is 20.9. The van der Waals surface area contributed by atoms with Gasteiger partial charge in [0.2, 0.25) is 0 Å². The fraction of sp³-hybridized carbons (Fsp3) is 0.333. The molecule has 0 spiro atoms. The number of amides is 1. The number of ether oxygens (including phenoxy) is 1. The molecule has 1 atom stereocenters. The SMILES string of the molecule is CC1(c2ccncc2)CCCN1C(=O)OCc1ccccc1. The van der Waals surface area contributed by atoms with Gasteiger partial charge in [-0.2, -0.15) is 0 Å². The number of nitrogens with zero attached hydrogens (tertiary/aromatic N) is 2. The molecule has 0 saturated carbocycles. The van der Waals surface area contributed by atoms with Gasteiger partial charge in [-0.3, -0.25) is 9.88 Å². The molecule has 0 bridgehead atoms. The van der Waals surface area contributed by atoms with E-state index in [1.54, 1.807) is 12.4 Å². The molecule has 1 aliphatic rings. The van der Waals surface area contributed by atoms with E-state index in [0.717, 1.165) is 30.5 Å². The largest absolute Gasteiger partial charge is 0.445 e. The number of likely N-dealkylation sites (tertiary alicyclic amines) is 1. The van der Waals surface area contributed by atoms with E-state index >= 15 is 0 Å². The predicted octanol–water partition coefficient (Wildman–Crippen LogP) is 3.73. The van der Waals surface area contributed by atoms with Crippen LogP contribution in [0.2, 0.25) is 0 Å². The monoisotopic (exact) mass is 296 g/mol. The first-order valence-corrected chi connectivity index (χ1v) is 7.59. The van der Waals surface area contributed by atoms with Crippen LogP contribution in [0.3, 0.4) is 0 Å². The molecule has 4 heteroatoms. The van der Waals surface area contributed by atoms with E-state index < -0.39 is 0 Å². The molecule has 1 unspecified atom stereocenters. The summed E-state index contributed by atoms with van der Waals surface area (Å²) in [5.74, 6) is 0. The van der Waals surface area contributed by atoms with Crippen LogP contribution >= 0.6 is 0 Å². The maximum atomic E-state index is 12.5. The highest BCUT2D eigenvalue weighted by molar-refractivity contribution is 5.69. The van der Waals surface area contributed by atoms with Crippen LogP contribution in [0.1, 0.15) is 30.9 Å². The van der Waals surface area contributed by atoms with Gasteiger partial charge in [-0.15, -0.1) is 0 Å². The molecule has 1 aromatic heterocycles. The molecule has 3 rings (SSSR count). The summed E-state index contributed by atoms with van der Waals surface area (Å²) in [5, 5.41) is 0. The highest BCUT2D eigenvalue weighted by Crippen LogP contribution is 2.38. The second-order valence-corrected chi connectivity index (χ2v) is 5.81. The van der Waals surface area contributed by atoms with Gasteiger partial charge < -0.3 is 4.74 Å². The maximum Gasteiger partial charge on any atom is 0.410 e. The third kappa shape index (κ3) is 2.82. The van der Waals surface area contributed by atoms with Crippen LogP contribution in [0.15, 0.2) is 54.9 Å². The smallest absolute Gasteiger partial charge is 0.410 e. The minimum absolute atomic E-state index is 0.249. The molecular formula is C18H20N2O2. The van der Waals surface area contributed by atoms with Crippen molar-refractivity contribution in [1.82, 2.24) is 9.88 Å². The van der Waals surface area contributed by atoms with Crippen LogP contribution in [0.25, 0.3) is 0 Å². The average molecular weight is 296 g/mol. The van der Waals surface area contributed by atoms with Crippen LogP contribution in [-0.2, 0) is 16.9 Å². The third-order valence-corrected chi connectivity index (χ3v) is 4.37. The zero-order valence-corrected chi connectivity index (χ0v) is 12.7. The molecular weight excluding hydrogens is 276 g/mol.